The van der Waals surface area contributed by atoms with Gasteiger partial charge in [-0.1, -0.05) is 48.5 Å². The Morgan fingerprint density at radius 3 is 2.70 bits per heavy atom. The molecule has 1 heterocycles. The van der Waals surface area contributed by atoms with E-state index in [9.17, 15) is 4.79 Å². The van der Waals surface area contributed by atoms with Gasteiger partial charge in [-0.2, -0.15) is 0 Å². The smallest absolute Gasteiger partial charge is 0.341 e. The molecule has 0 spiro atoms. The first-order valence-electron chi connectivity index (χ1n) is 6.50. The van der Waals surface area contributed by atoms with Crippen LogP contribution in [-0.4, -0.2) is 12.6 Å². The summed E-state index contributed by atoms with van der Waals surface area (Å²) in [5.41, 5.74) is 3.39. The van der Waals surface area contributed by atoms with Crippen LogP contribution in [0.1, 0.15) is 15.9 Å². The van der Waals surface area contributed by atoms with Crippen molar-refractivity contribution in [2.24, 2.45) is 0 Å². The summed E-state index contributed by atoms with van der Waals surface area (Å²) in [7, 11) is 0. The number of esters is 1. The molecule has 1 aromatic rings. The molecular weight excluding hydrogens is 252 g/mol. The Balaban J connectivity index is 1.64. The summed E-state index contributed by atoms with van der Waals surface area (Å²) in [6, 6.07) is 15.6. The first-order chi connectivity index (χ1) is 9.84. The summed E-state index contributed by atoms with van der Waals surface area (Å²) < 4.78 is 10.5. The Morgan fingerprint density at radius 1 is 1.00 bits per heavy atom. The van der Waals surface area contributed by atoms with E-state index >= 15 is 0 Å². The van der Waals surface area contributed by atoms with E-state index in [0.717, 1.165) is 16.7 Å². The van der Waals surface area contributed by atoms with Gasteiger partial charge in [0.1, 0.15) is 11.8 Å². The monoisotopic (exact) mass is 266 g/mol. The summed E-state index contributed by atoms with van der Waals surface area (Å²) in [5.74, 6) is -0.346. The Morgan fingerprint density at radius 2 is 1.85 bits per heavy atom. The highest BCUT2D eigenvalue weighted by Gasteiger charge is 2.16. The van der Waals surface area contributed by atoms with Crippen molar-refractivity contribution in [1.29, 1.82) is 0 Å². The van der Waals surface area contributed by atoms with Crippen LogP contribution in [-0.2, 0) is 11.2 Å². The molecule has 0 fully saturated rings. The van der Waals surface area contributed by atoms with Crippen molar-refractivity contribution in [3.63, 3.8) is 0 Å². The molecule has 20 heavy (non-hydrogen) atoms. The third-order valence-corrected chi connectivity index (χ3v) is 3.21. The topological polar surface area (TPSA) is 39.4 Å². The van der Waals surface area contributed by atoms with E-state index in [0.29, 0.717) is 18.6 Å². The molecule has 0 saturated heterocycles. The predicted molar refractivity (Wildman–Crippen MR) is 75.8 cm³/mol. The fraction of sp³-hybridized carbons (Fsp3) is 0.118. The van der Waals surface area contributed by atoms with E-state index < -0.39 is 0 Å². The zero-order valence-corrected chi connectivity index (χ0v) is 10.9. The van der Waals surface area contributed by atoms with E-state index in [-0.39, 0.29) is 5.97 Å². The maximum atomic E-state index is 12.1. The molecular formula is C17H14O3. The van der Waals surface area contributed by atoms with Crippen LogP contribution in [0.25, 0.3) is 11.1 Å². The fourth-order valence-electron chi connectivity index (χ4n) is 2.16. The zero-order valence-electron chi connectivity index (χ0n) is 10.9. The Hall–Kier alpha value is -2.55. The summed E-state index contributed by atoms with van der Waals surface area (Å²) in [6.45, 7) is 0.361. The maximum absolute atomic E-state index is 12.1. The van der Waals surface area contributed by atoms with Gasteiger partial charge in [-0.25, -0.2) is 4.79 Å². The standard InChI is InChI=1S/C17H14O3/c18-17(20-10-9-13-5-2-1-3-6-13)16-12-19-11-14-7-4-8-15(14)16/h1-8,11-12H,9-10H2. The number of rotatable bonds is 4. The van der Waals surface area contributed by atoms with Gasteiger partial charge in [-0.15, -0.1) is 0 Å². The van der Waals surface area contributed by atoms with Crippen molar-refractivity contribution in [2.75, 3.05) is 6.61 Å². The van der Waals surface area contributed by atoms with Crippen molar-refractivity contribution in [2.45, 2.75) is 6.42 Å². The molecule has 3 heteroatoms. The number of hydrogen-bond donors (Lipinski definition) is 0. The molecule has 1 aliphatic carbocycles. The van der Waals surface area contributed by atoms with Gasteiger partial charge in [0.2, 0.25) is 0 Å². The third-order valence-electron chi connectivity index (χ3n) is 3.21. The average molecular weight is 266 g/mol. The van der Waals surface area contributed by atoms with Gasteiger partial charge in [-0.05, 0) is 5.56 Å². The molecule has 0 bridgehead atoms. The molecule has 0 aromatic heterocycles. The van der Waals surface area contributed by atoms with E-state index in [1.54, 1.807) is 6.26 Å². The Labute approximate surface area is 117 Å². The second kappa shape index (κ2) is 5.61. The number of fused-ring (bicyclic) bond motifs is 1. The minimum atomic E-state index is -0.346. The van der Waals surface area contributed by atoms with Crippen molar-refractivity contribution in [3.8, 4) is 11.1 Å². The van der Waals surface area contributed by atoms with Crippen molar-refractivity contribution in [3.05, 3.63) is 72.2 Å². The Bertz CT molecular complexity index is 670. The maximum Gasteiger partial charge on any atom is 0.341 e. The molecule has 0 N–H and O–H groups in total. The van der Waals surface area contributed by atoms with Crippen LogP contribution in [0.2, 0.25) is 0 Å². The van der Waals surface area contributed by atoms with E-state index in [1.807, 2.05) is 48.5 Å². The summed E-state index contributed by atoms with van der Waals surface area (Å²) >= 11 is 0. The van der Waals surface area contributed by atoms with Crippen molar-refractivity contribution >= 4 is 5.97 Å². The summed E-state index contributed by atoms with van der Waals surface area (Å²) in [6.07, 6.45) is 3.77. The summed E-state index contributed by atoms with van der Waals surface area (Å²) in [4.78, 5) is 12.1. The van der Waals surface area contributed by atoms with E-state index in [4.69, 9.17) is 9.15 Å². The lowest BCUT2D eigenvalue weighted by Crippen LogP contribution is -2.09. The van der Waals surface area contributed by atoms with Gasteiger partial charge in [0.05, 0.1) is 12.9 Å². The van der Waals surface area contributed by atoms with Crippen LogP contribution in [0, 0.1) is 0 Å². The van der Waals surface area contributed by atoms with Gasteiger partial charge in [0.25, 0.3) is 0 Å². The van der Waals surface area contributed by atoms with Crippen molar-refractivity contribution < 1.29 is 13.9 Å². The number of carbonyl (C=O) groups is 1. The lowest BCUT2D eigenvalue weighted by molar-refractivity contribution is 0.0507. The highest BCUT2D eigenvalue weighted by molar-refractivity contribution is 5.97. The van der Waals surface area contributed by atoms with Crippen LogP contribution < -0.4 is 0 Å². The lowest BCUT2D eigenvalue weighted by Gasteiger charge is -2.08. The van der Waals surface area contributed by atoms with Crippen LogP contribution >= 0.6 is 0 Å². The molecule has 3 rings (SSSR count). The quantitative estimate of drug-likeness (QED) is 0.674. The molecule has 0 radical (unpaired) electrons. The average Bonchev–Trinajstić information content (AvgIpc) is 2.96. The lowest BCUT2D eigenvalue weighted by atomic mass is 10.1. The number of benzene rings is 1. The van der Waals surface area contributed by atoms with Gasteiger partial charge < -0.3 is 9.15 Å². The second-order valence-corrected chi connectivity index (χ2v) is 4.55. The normalized spacial score (nSPS) is 10.6. The largest absolute Gasteiger partial charge is 0.471 e. The first kappa shape index (κ1) is 12.5. The summed E-state index contributed by atoms with van der Waals surface area (Å²) in [5, 5.41) is 0. The zero-order chi connectivity index (χ0) is 13.8. The molecule has 0 atom stereocenters. The molecule has 3 nitrogen and oxygen atoms in total. The molecule has 2 aliphatic rings. The second-order valence-electron chi connectivity index (χ2n) is 4.55. The molecule has 0 amide bonds. The highest BCUT2D eigenvalue weighted by atomic mass is 16.5. The van der Waals surface area contributed by atoms with Crippen LogP contribution in [0.15, 0.2) is 65.5 Å². The van der Waals surface area contributed by atoms with Gasteiger partial charge >= 0.3 is 5.97 Å². The number of ether oxygens (including phenoxy) is 1. The molecule has 100 valence electrons. The van der Waals surface area contributed by atoms with Gasteiger partial charge in [0, 0.05) is 17.5 Å². The fourth-order valence-corrected chi connectivity index (χ4v) is 2.16. The van der Waals surface area contributed by atoms with Gasteiger partial charge in [0.15, 0.2) is 0 Å². The molecule has 1 aromatic carbocycles. The van der Waals surface area contributed by atoms with E-state index in [2.05, 4.69) is 0 Å². The van der Waals surface area contributed by atoms with Crippen LogP contribution in [0.4, 0.5) is 0 Å². The van der Waals surface area contributed by atoms with Crippen LogP contribution in [0.3, 0.4) is 0 Å². The number of carbonyl (C=O) groups excluding carboxylic acids is 1. The van der Waals surface area contributed by atoms with Crippen LogP contribution in [0.5, 0.6) is 0 Å². The van der Waals surface area contributed by atoms with Gasteiger partial charge in [-0.3, -0.25) is 0 Å². The first-order valence-corrected chi connectivity index (χ1v) is 6.50. The highest BCUT2D eigenvalue weighted by Crippen LogP contribution is 2.27. The Kier molecular flexibility index (Phi) is 3.50. The number of hydrogen-bond acceptors (Lipinski definition) is 3. The van der Waals surface area contributed by atoms with Crippen molar-refractivity contribution in [1.82, 2.24) is 0 Å². The van der Waals surface area contributed by atoms with E-state index in [1.165, 1.54) is 6.26 Å². The third kappa shape index (κ3) is 2.57. The minimum Gasteiger partial charge on any atom is -0.471 e. The molecule has 0 unspecified atom stereocenters. The SMILES string of the molecule is O=C(OCCc1ccccc1)c1cocc2cccc1-2. The molecule has 0 saturated carbocycles. The molecule has 1 aliphatic heterocycles. The minimum absolute atomic E-state index is 0.346. The predicted octanol–water partition coefficient (Wildman–Crippen LogP) is 3.78.